The number of esters is 1. The van der Waals surface area contributed by atoms with Gasteiger partial charge in [-0.1, -0.05) is 23.2 Å². The molecule has 1 aliphatic rings. The van der Waals surface area contributed by atoms with Crippen LogP contribution < -0.4 is 5.32 Å². The van der Waals surface area contributed by atoms with E-state index in [0.29, 0.717) is 10.9 Å². The Hall–Kier alpha value is -1.26. The second-order valence-corrected chi connectivity index (χ2v) is 5.71. The smallest absolute Gasteiger partial charge is 0.338 e. The first kappa shape index (κ1) is 15.1. The third-order valence-corrected chi connectivity index (χ3v) is 3.95. The Morgan fingerprint density at radius 3 is 2.65 bits per heavy atom. The number of amides is 1. The summed E-state index contributed by atoms with van der Waals surface area (Å²) in [7, 11) is 0. The molecule has 0 aromatic heterocycles. The maximum absolute atomic E-state index is 11.7. The number of nitrogens with one attached hydrogen (secondary N) is 1. The molecule has 0 bridgehead atoms. The van der Waals surface area contributed by atoms with Gasteiger partial charge in [0, 0.05) is 6.04 Å². The Morgan fingerprint density at radius 1 is 1.35 bits per heavy atom. The summed E-state index contributed by atoms with van der Waals surface area (Å²) in [6.07, 6.45) is 2.29. The molecular formula is C14H15Cl2NO3. The van der Waals surface area contributed by atoms with E-state index in [1.165, 1.54) is 18.2 Å². The molecule has 4 nitrogen and oxygen atoms in total. The molecular weight excluding hydrogens is 301 g/mol. The largest absolute Gasteiger partial charge is 0.452 e. The highest BCUT2D eigenvalue weighted by molar-refractivity contribution is 6.42. The number of hydrogen-bond donors (Lipinski definition) is 1. The number of ether oxygens (including phenoxy) is 1. The molecule has 20 heavy (non-hydrogen) atoms. The van der Waals surface area contributed by atoms with E-state index in [2.05, 4.69) is 5.32 Å². The number of carbonyl (C=O) groups is 2. The van der Waals surface area contributed by atoms with Crippen molar-refractivity contribution in [2.45, 2.75) is 25.8 Å². The van der Waals surface area contributed by atoms with Gasteiger partial charge in [-0.25, -0.2) is 4.79 Å². The zero-order chi connectivity index (χ0) is 14.7. The maximum atomic E-state index is 11.7. The quantitative estimate of drug-likeness (QED) is 0.850. The molecule has 1 atom stereocenters. The van der Waals surface area contributed by atoms with Crippen LogP contribution >= 0.6 is 23.2 Å². The van der Waals surface area contributed by atoms with Gasteiger partial charge in [0.25, 0.3) is 5.91 Å². The van der Waals surface area contributed by atoms with E-state index >= 15 is 0 Å². The molecule has 6 heteroatoms. The molecule has 0 unspecified atom stereocenters. The molecule has 1 aliphatic carbocycles. The Kier molecular flexibility index (Phi) is 4.89. The Bertz CT molecular complexity index is 529. The zero-order valence-electron chi connectivity index (χ0n) is 11.0. The molecule has 1 saturated carbocycles. The third-order valence-electron chi connectivity index (χ3n) is 3.21. The summed E-state index contributed by atoms with van der Waals surface area (Å²) in [5.74, 6) is -0.333. The van der Waals surface area contributed by atoms with Gasteiger partial charge in [0.1, 0.15) is 0 Å². The zero-order valence-corrected chi connectivity index (χ0v) is 12.5. The van der Waals surface area contributed by atoms with Crippen molar-refractivity contribution in [3.05, 3.63) is 33.8 Å². The van der Waals surface area contributed by atoms with Crippen molar-refractivity contribution in [3.8, 4) is 0 Å². The molecule has 2 rings (SSSR count). The fraction of sp³-hybridized carbons (Fsp3) is 0.429. The number of rotatable bonds is 5. The summed E-state index contributed by atoms with van der Waals surface area (Å²) >= 11 is 11.6. The van der Waals surface area contributed by atoms with Crippen molar-refractivity contribution in [1.82, 2.24) is 5.32 Å². The standard InChI is InChI=1S/C14H15Cl2NO3/c1-8(9-2-3-9)17-13(18)7-20-14(19)10-4-5-11(15)12(16)6-10/h4-6,8-9H,2-3,7H2,1H3,(H,17,18)/t8-/m0/s1. The summed E-state index contributed by atoms with van der Waals surface area (Å²) in [6.45, 7) is 1.66. The SMILES string of the molecule is C[C@H](NC(=O)COC(=O)c1ccc(Cl)c(Cl)c1)C1CC1. The van der Waals surface area contributed by atoms with Crippen molar-refractivity contribution >= 4 is 35.1 Å². The van der Waals surface area contributed by atoms with Gasteiger partial charge in [0.05, 0.1) is 15.6 Å². The lowest BCUT2D eigenvalue weighted by molar-refractivity contribution is -0.124. The van der Waals surface area contributed by atoms with E-state index in [9.17, 15) is 9.59 Å². The van der Waals surface area contributed by atoms with Crippen LogP contribution in [0.5, 0.6) is 0 Å². The van der Waals surface area contributed by atoms with Crippen LogP contribution in [0.3, 0.4) is 0 Å². The molecule has 1 aromatic carbocycles. The number of benzene rings is 1. The van der Waals surface area contributed by atoms with E-state index in [-0.39, 0.29) is 29.1 Å². The summed E-state index contributed by atoms with van der Waals surface area (Å²) < 4.78 is 4.93. The topological polar surface area (TPSA) is 55.4 Å². The number of hydrogen-bond acceptors (Lipinski definition) is 3. The minimum atomic E-state index is -0.599. The Labute approximate surface area is 127 Å². The first-order valence-corrected chi connectivity index (χ1v) is 7.14. The average molecular weight is 316 g/mol. The predicted octanol–water partition coefficient (Wildman–Crippen LogP) is 3.06. The fourth-order valence-electron chi connectivity index (χ4n) is 1.85. The fourth-order valence-corrected chi connectivity index (χ4v) is 2.15. The average Bonchev–Trinajstić information content (AvgIpc) is 3.23. The first-order valence-electron chi connectivity index (χ1n) is 6.39. The van der Waals surface area contributed by atoms with Gasteiger partial charge in [-0.05, 0) is 43.9 Å². The van der Waals surface area contributed by atoms with E-state index in [1.54, 1.807) is 0 Å². The molecule has 0 spiro atoms. The van der Waals surface area contributed by atoms with Crippen LogP contribution in [0.4, 0.5) is 0 Å². The summed E-state index contributed by atoms with van der Waals surface area (Å²) in [5.41, 5.74) is 0.266. The van der Waals surface area contributed by atoms with Gasteiger partial charge >= 0.3 is 5.97 Å². The Balaban J connectivity index is 1.81. The number of carbonyl (C=O) groups excluding carboxylic acids is 2. The normalized spacial score (nSPS) is 15.6. The monoisotopic (exact) mass is 315 g/mol. The maximum Gasteiger partial charge on any atom is 0.338 e. The van der Waals surface area contributed by atoms with Crippen LogP contribution in [0, 0.1) is 5.92 Å². The van der Waals surface area contributed by atoms with Crippen LogP contribution in [0.15, 0.2) is 18.2 Å². The molecule has 1 N–H and O–H groups in total. The Morgan fingerprint density at radius 2 is 2.05 bits per heavy atom. The van der Waals surface area contributed by atoms with Crippen molar-refractivity contribution < 1.29 is 14.3 Å². The van der Waals surface area contributed by atoms with Crippen LogP contribution in [0.2, 0.25) is 10.0 Å². The van der Waals surface area contributed by atoms with E-state index in [0.717, 1.165) is 12.8 Å². The predicted molar refractivity (Wildman–Crippen MR) is 77.1 cm³/mol. The minimum Gasteiger partial charge on any atom is -0.452 e. The molecule has 0 saturated heterocycles. The van der Waals surface area contributed by atoms with Crippen LogP contribution in [0.25, 0.3) is 0 Å². The molecule has 1 amide bonds. The van der Waals surface area contributed by atoms with Crippen LogP contribution in [0.1, 0.15) is 30.1 Å². The van der Waals surface area contributed by atoms with Gasteiger partial charge in [-0.3, -0.25) is 4.79 Å². The molecule has 1 aromatic rings. The summed E-state index contributed by atoms with van der Waals surface area (Å²) in [5, 5.41) is 3.44. The molecule has 0 radical (unpaired) electrons. The van der Waals surface area contributed by atoms with E-state index in [4.69, 9.17) is 27.9 Å². The van der Waals surface area contributed by atoms with Crippen molar-refractivity contribution in [2.24, 2.45) is 5.92 Å². The van der Waals surface area contributed by atoms with Crippen LogP contribution in [-0.2, 0) is 9.53 Å². The second kappa shape index (κ2) is 6.46. The van der Waals surface area contributed by atoms with E-state index < -0.39 is 5.97 Å². The second-order valence-electron chi connectivity index (χ2n) is 4.90. The molecule has 0 aliphatic heterocycles. The molecule has 1 fully saturated rings. The van der Waals surface area contributed by atoms with Gasteiger partial charge in [-0.2, -0.15) is 0 Å². The highest BCUT2D eigenvalue weighted by Gasteiger charge is 2.29. The summed E-state index contributed by atoms with van der Waals surface area (Å²) in [4.78, 5) is 23.3. The van der Waals surface area contributed by atoms with Gasteiger partial charge < -0.3 is 10.1 Å². The van der Waals surface area contributed by atoms with E-state index in [1.807, 2.05) is 6.92 Å². The van der Waals surface area contributed by atoms with Crippen LogP contribution in [-0.4, -0.2) is 24.5 Å². The number of halogens is 2. The van der Waals surface area contributed by atoms with Crippen molar-refractivity contribution in [2.75, 3.05) is 6.61 Å². The molecule has 108 valence electrons. The van der Waals surface area contributed by atoms with Gasteiger partial charge in [0.2, 0.25) is 0 Å². The summed E-state index contributed by atoms with van der Waals surface area (Å²) in [6, 6.07) is 4.56. The third kappa shape index (κ3) is 4.12. The highest BCUT2D eigenvalue weighted by atomic mass is 35.5. The molecule has 0 heterocycles. The first-order chi connectivity index (χ1) is 9.47. The lowest BCUT2D eigenvalue weighted by Crippen LogP contribution is -2.37. The van der Waals surface area contributed by atoms with Crippen molar-refractivity contribution in [1.29, 1.82) is 0 Å². The minimum absolute atomic E-state index is 0.131. The van der Waals surface area contributed by atoms with Crippen molar-refractivity contribution in [3.63, 3.8) is 0 Å². The lowest BCUT2D eigenvalue weighted by atomic mass is 10.2. The van der Waals surface area contributed by atoms with Gasteiger partial charge in [-0.15, -0.1) is 0 Å². The van der Waals surface area contributed by atoms with Gasteiger partial charge in [0.15, 0.2) is 6.61 Å². The highest BCUT2D eigenvalue weighted by Crippen LogP contribution is 2.32. The lowest BCUT2D eigenvalue weighted by Gasteiger charge is -2.12.